The van der Waals surface area contributed by atoms with Crippen molar-refractivity contribution in [2.45, 2.75) is 40.2 Å². The van der Waals surface area contributed by atoms with Gasteiger partial charge in [-0.2, -0.15) is 0 Å². The summed E-state index contributed by atoms with van der Waals surface area (Å²) in [5.74, 6) is -0.148. The van der Waals surface area contributed by atoms with Gasteiger partial charge in [-0.1, -0.05) is 13.8 Å². The fourth-order valence-corrected chi connectivity index (χ4v) is 2.52. The van der Waals surface area contributed by atoms with Crippen molar-refractivity contribution in [2.24, 2.45) is 16.6 Å². The second-order valence-electron chi connectivity index (χ2n) is 6.47. The maximum absolute atomic E-state index is 11.7. The van der Waals surface area contributed by atoms with Crippen LogP contribution in [0.1, 0.15) is 34.1 Å². The third-order valence-electron chi connectivity index (χ3n) is 3.75. The van der Waals surface area contributed by atoms with Gasteiger partial charge in [0.1, 0.15) is 0 Å². The number of rotatable bonds is 3. The Morgan fingerprint density at radius 1 is 1.53 bits per heavy atom. The van der Waals surface area contributed by atoms with E-state index >= 15 is 0 Å². The molecule has 0 spiro atoms. The lowest BCUT2D eigenvalue weighted by molar-refractivity contribution is -0.152. The normalized spacial score (nSPS) is 25.6. The number of esters is 1. The number of carbonyl (C=O) groups is 1. The molecule has 1 aliphatic heterocycles. The van der Waals surface area contributed by atoms with Crippen LogP contribution in [-0.2, 0) is 9.53 Å². The molecule has 0 aliphatic carbocycles. The van der Waals surface area contributed by atoms with E-state index in [0.29, 0.717) is 0 Å². The average Bonchev–Trinajstić information content (AvgIpc) is 2.21. The Bertz CT molecular complexity index is 287. The van der Waals surface area contributed by atoms with E-state index < -0.39 is 5.41 Å². The molecular formula is C13H26N2O2. The highest BCUT2D eigenvalue weighted by molar-refractivity contribution is 5.76. The molecule has 1 rings (SSSR count). The molecule has 0 aromatic rings. The summed E-state index contributed by atoms with van der Waals surface area (Å²) in [6, 6.07) is 0.250. The Labute approximate surface area is 104 Å². The predicted molar refractivity (Wildman–Crippen MR) is 68.6 cm³/mol. The summed E-state index contributed by atoms with van der Waals surface area (Å²) in [6.07, 6.45) is 0.990. The van der Waals surface area contributed by atoms with E-state index in [-0.39, 0.29) is 17.4 Å². The second-order valence-corrected chi connectivity index (χ2v) is 6.47. The van der Waals surface area contributed by atoms with Gasteiger partial charge >= 0.3 is 5.97 Å². The zero-order valence-electron chi connectivity index (χ0n) is 11.7. The fourth-order valence-electron chi connectivity index (χ4n) is 2.52. The van der Waals surface area contributed by atoms with Crippen LogP contribution in [-0.4, -0.2) is 43.7 Å². The molecule has 1 fully saturated rings. The lowest BCUT2D eigenvalue weighted by Gasteiger charge is -2.44. The SMILES string of the molecule is COC(=O)C(C)(C)CN1CCC(N)C(C)(C)C1. The van der Waals surface area contributed by atoms with Crippen LogP contribution in [0.5, 0.6) is 0 Å². The summed E-state index contributed by atoms with van der Waals surface area (Å²) in [5, 5.41) is 0. The number of ether oxygens (including phenoxy) is 1. The van der Waals surface area contributed by atoms with Gasteiger partial charge in [-0.3, -0.25) is 4.79 Å². The number of methoxy groups -OCH3 is 1. The molecule has 1 aliphatic rings. The van der Waals surface area contributed by atoms with E-state index in [1.165, 1.54) is 7.11 Å². The van der Waals surface area contributed by atoms with Crippen LogP contribution in [0, 0.1) is 10.8 Å². The van der Waals surface area contributed by atoms with Crippen molar-refractivity contribution in [3.8, 4) is 0 Å². The first-order valence-electron chi connectivity index (χ1n) is 6.25. The zero-order valence-corrected chi connectivity index (χ0v) is 11.7. The van der Waals surface area contributed by atoms with Gasteiger partial charge in [0.2, 0.25) is 0 Å². The molecular weight excluding hydrogens is 216 g/mol. The summed E-state index contributed by atoms with van der Waals surface area (Å²) in [5.41, 5.74) is 5.77. The Morgan fingerprint density at radius 2 is 2.12 bits per heavy atom. The Kier molecular flexibility index (Phi) is 4.20. The molecule has 4 nitrogen and oxygen atoms in total. The largest absolute Gasteiger partial charge is 0.469 e. The molecule has 0 amide bonds. The van der Waals surface area contributed by atoms with E-state index in [1.807, 2.05) is 13.8 Å². The molecule has 1 heterocycles. The number of carbonyl (C=O) groups excluding carboxylic acids is 1. The summed E-state index contributed by atoms with van der Waals surface area (Å²) in [7, 11) is 1.44. The molecule has 0 radical (unpaired) electrons. The minimum absolute atomic E-state index is 0.116. The van der Waals surface area contributed by atoms with E-state index in [0.717, 1.165) is 26.1 Å². The third kappa shape index (κ3) is 3.42. The Hall–Kier alpha value is -0.610. The number of hydrogen-bond donors (Lipinski definition) is 1. The smallest absolute Gasteiger partial charge is 0.312 e. The minimum atomic E-state index is -0.452. The van der Waals surface area contributed by atoms with Crippen LogP contribution in [0.2, 0.25) is 0 Å². The zero-order chi connectivity index (χ0) is 13.3. The Balaban J connectivity index is 2.62. The van der Waals surface area contributed by atoms with Crippen molar-refractivity contribution in [3.63, 3.8) is 0 Å². The maximum Gasteiger partial charge on any atom is 0.312 e. The van der Waals surface area contributed by atoms with Gasteiger partial charge in [0.15, 0.2) is 0 Å². The monoisotopic (exact) mass is 242 g/mol. The van der Waals surface area contributed by atoms with Crippen molar-refractivity contribution >= 4 is 5.97 Å². The van der Waals surface area contributed by atoms with Gasteiger partial charge in [-0.15, -0.1) is 0 Å². The predicted octanol–water partition coefficient (Wildman–Crippen LogP) is 1.24. The highest BCUT2D eigenvalue weighted by Gasteiger charge is 2.37. The van der Waals surface area contributed by atoms with E-state index in [2.05, 4.69) is 18.7 Å². The summed E-state index contributed by atoms with van der Waals surface area (Å²) in [6.45, 7) is 10.9. The maximum atomic E-state index is 11.7. The molecule has 1 atom stereocenters. The molecule has 0 bridgehead atoms. The molecule has 0 aromatic heterocycles. The molecule has 0 aromatic carbocycles. The molecule has 2 N–H and O–H groups in total. The number of piperidine rings is 1. The highest BCUT2D eigenvalue weighted by Crippen LogP contribution is 2.30. The molecule has 1 saturated heterocycles. The van der Waals surface area contributed by atoms with Crippen LogP contribution in [0.25, 0.3) is 0 Å². The fraction of sp³-hybridized carbons (Fsp3) is 0.923. The first-order valence-corrected chi connectivity index (χ1v) is 6.25. The third-order valence-corrected chi connectivity index (χ3v) is 3.75. The van der Waals surface area contributed by atoms with Crippen molar-refractivity contribution in [3.05, 3.63) is 0 Å². The van der Waals surface area contributed by atoms with Gasteiger partial charge in [-0.25, -0.2) is 0 Å². The average molecular weight is 242 g/mol. The highest BCUT2D eigenvalue weighted by atomic mass is 16.5. The number of likely N-dealkylation sites (tertiary alicyclic amines) is 1. The first-order chi connectivity index (χ1) is 7.69. The summed E-state index contributed by atoms with van der Waals surface area (Å²) in [4.78, 5) is 14.0. The van der Waals surface area contributed by atoms with Crippen molar-refractivity contribution in [1.82, 2.24) is 4.90 Å². The molecule has 0 saturated carbocycles. The molecule has 17 heavy (non-hydrogen) atoms. The quantitative estimate of drug-likeness (QED) is 0.757. The van der Waals surface area contributed by atoms with Gasteiger partial charge in [0.25, 0.3) is 0 Å². The lowest BCUT2D eigenvalue weighted by atomic mass is 9.79. The van der Waals surface area contributed by atoms with Crippen molar-refractivity contribution in [2.75, 3.05) is 26.7 Å². The van der Waals surface area contributed by atoms with Crippen LogP contribution < -0.4 is 5.73 Å². The molecule has 100 valence electrons. The first kappa shape index (κ1) is 14.5. The summed E-state index contributed by atoms with van der Waals surface area (Å²) >= 11 is 0. The van der Waals surface area contributed by atoms with Crippen molar-refractivity contribution < 1.29 is 9.53 Å². The molecule has 4 heteroatoms. The van der Waals surface area contributed by atoms with E-state index in [9.17, 15) is 4.79 Å². The second kappa shape index (κ2) is 4.94. The number of nitrogens with two attached hydrogens (primary N) is 1. The Morgan fingerprint density at radius 3 is 2.59 bits per heavy atom. The number of nitrogens with zero attached hydrogens (tertiary/aromatic N) is 1. The molecule has 1 unspecified atom stereocenters. The minimum Gasteiger partial charge on any atom is -0.469 e. The van der Waals surface area contributed by atoms with Gasteiger partial charge in [0, 0.05) is 19.1 Å². The van der Waals surface area contributed by atoms with Crippen LogP contribution in [0.4, 0.5) is 0 Å². The lowest BCUT2D eigenvalue weighted by Crippen LogP contribution is -2.54. The van der Waals surface area contributed by atoms with E-state index in [1.54, 1.807) is 0 Å². The standard InChI is InChI=1S/C13H26N2O2/c1-12(2)8-15(7-6-10(12)14)9-13(3,4)11(16)17-5/h10H,6-9,14H2,1-5H3. The van der Waals surface area contributed by atoms with E-state index in [4.69, 9.17) is 10.5 Å². The van der Waals surface area contributed by atoms with Gasteiger partial charge < -0.3 is 15.4 Å². The number of hydrogen-bond acceptors (Lipinski definition) is 4. The van der Waals surface area contributed by atoms with Crippen LogP contribution >= 0.6 is 0 Å². The van der Waals surface area contributed by atoms with Crippen molar-refractivity contribution in [1.29, 1.82) is 0 Å². The summed E-state index contributed by atoms with van der Waals surface area (Å²) < 4.78 is 4.84. The van der Waals surface area contributed by atoms with Crippen LogP contribution in [0.3, 0.4) is 0 Å². The topological polar surface area (TPSA) is 55.6 Å². The van der Waals surface area contributed by atoms with Gasteiger partial charge in [0.05, 0.1) is 12.5 Å². The van der Waals surface area contributed by atoms with Crippen LogP contribution in [0.15, 0.2) is 0 Å². The van der Waals surface area contributed by atoms with Gasteiger partial charge in [-0.05, 0) is 32.2 Å².